The molecule has 6 nitrogen and oxygen atoms in total. The number of carbonyl (C=O) groups excluding carboxylic acids is 1. The molecule has 0 unspecified atom stereocenters. The molecule has 0 fully saturated rings. The summed E-state index contributed by atoms with van der Waals surface area (Å²) in [7, 11) is -3.82. The zero-order valence-electron chi connectivity index (χ0n) is 13.5. The number of rotatable bonds is 6. The second kappa shape index (κ2) is 7.86. The normalized spacial score (nSPS) is 11.3. The summed E-state index contributed by atoms with van der Waals surface area (Å²) in [5.41, 5.74) is 2.13. The lowest BCUT2D eigenvalue weighted by Gasteiger charge is -2.11. The summed E-state index contributed by atoms with van der Waals surface area (Å²) in [5, 5.41) is 1.99. The van der Waals surface area contributed by atoms with E-state index in [0.29, 0.717) is 5.75 Å². The molecule has 0 aliphatic heterocycles. The van der Waals surface area contributed by atoms with E-state index in [-0.39, 0.29) is 11.5 Å². The third-order valence-corrected chi connectivity index (χ3v) is 5.65. The van der Waals surface area contributed by atoms with Crippen LogP contribution in [-0.2, 0) is 14.8 Å². The van der Waals surface area contributed by atoms with Crippen molar-refractivity contribution in [1.82, 2.24) is 10.3 Å². The Balaban J connectivity index is 1.60. The van der Waals surface area contributed by atoms with Crippen LogP contribution in [0.5, 0.6) is 5.75 Å². The fraction of sp³-hybridized carbons (Fsp3) is 0.0556. The van der Waals surface area contributed by atoms with Gasteiger partial charge in [-0.05, 0) is 44.9 Å². The first kappa shape index (κ1) is 18.4. The van der Waals surface area contributed by atoms with E-state index < -0.39 is 15.9 Å². The van der Waals surface area contributed by atoms with Crippen molar-refractivity contribution in [3.05, 3.63) is 71.2 Å². The number of benzene rings is 3. The molecule has 0 aliphatic carbocycles. The molecule has 0 bridgehead atoms. The van der Waals surface area contributed by atoms with Gasteiger partial charge >= 0.3 is 0 Å². The van der Waals surface area contributed by atoms with Gasteiger partial charge in [-0.3, -0.25) is 10.2 Å². The Bertz CT molecular complexity index is 1040. The molecule has 3 rings (SSSR count). The van der Waals surface area contributed by atoms with Crippen molar-refractivity contribution < 1.29 is 17.9 Å². The van der Waals surface area contributed by atoms with Gasteiger partial charge in [0, 0.05) is 0 Å². The first-order valence-electron chi connectivity index (χ1n) is 7.63. The molecule has 0 spiro atoms. The number of halogens is 1. The number of hydrazine groups is 1. The second-order valence-corrected chi connectivity index (χ2v) is 7.83. The van der Waals surface area contributed by atoms with E-state index in [9.17, 15) is 13.2 Å². The molecule has 3 aromatic rings. The van der Waals surface area contributed by atoms with Gasteiger partial charge in [0.25, 0.3) is 15.9 Å². The van der Waals surface area contributed by atoms with Crippen molar-refractivity contribution in [2.24, 2.45) is 0 Å². The van der Waals surface area contributed by atoms with Crippen molar-refractivity contribution in [2.75, 3.05) is 6.61 Å². The SMILES string of the molecule is O=C(COc1ccc2ccccc2c1Br)NNS(=O)(=O)c1ccccc1. The lowest BCUT2D eigenvalue weighted by atomic mass is 10.1. The minimum absolute atomic E-state index is 0.0542. The number of sulfonamides is 1. The van der Waals surface area contributed by atoms with Crippen molar-refractivity contribution in [3.63, 3.8) is 0 Å². The summed E-state index contributed by atoms with van der Waals surface area (Å²) in [6.45, 7) is -0.339. The van der Waals surface area contributed by atoms with E-state index in [1.54, 1.807) is 24.3 Å². The molecule has 0 atom stereocenters. The van der Waals surface area contributed by atoms with Gasteiger partial charge in [0.05, 0.1) is 9.37 Å². The van der Waals surface area contributed by atoms with Crippen molar-refractivity contribution in [1.29, 1.82) is 0 Å². The minimum atomic E-state index is -3.82. The van der Waals surface area contributed by atoms with Crippen LogP contribution in [0.15, 0.2) is 76.1 Å². The molecule has 2 N–H and O–H groups in total. The van der Waals surface area contributed by atoms with E-state index in [0.717, 1.165) is 15.2 Å². The first-order valence-corrected chi connectivity index (χ1v) is 9.91. The van der Waals surface area contributed by atoms with Gasteiger partial charge in [0.2, 0.25) is 0 Å². The highest BCUT2D eigenvalue weighted by molar-refractivity contribution is 9.10. The van der Waals surface area contributed by atoms with Crippen LogP contribution < -0.4 is 15.0 Å². The van der Waals surface area contributed by atoms with Gasteiger partial charge in [-0.1, -0.05) is 48.5 Å². The van der Waals surface area contributed by atoms with Crippen LogP contribution in [0.25, 0.3) is 10.8 Å². The summed E-state index contributed by atoms with van der Waals surface area (Å²) in [4.78, 5) is 14.0. The summed E-state index contributed by atoms with van der Waals surface area (Å²) in [6, 6.07) is 19.1. The van der Waals surface area contributed by atoms with E-state index in [4.69, 9.17) is 4.74 Å². The molecule has 0 heterocycles. The molecule has 0 aliphatic rings. The predicted molar refractivity (Wildman–Crippen MR) is 102 cm³/mol. The van der Waals surface area contributed by atoms with Crippen molar-refractivity contribution >= 4 is 42.6 Å². The fourth-order valence-corrected chi connectivity index (χ4v) is 3.78. The highest BCUT2D eigenvalue weighted by Crippen LogP contribution is 2.32. The van der Waals surface area contributed by atoms with Gasteiger partial charge in [-0.25, -0.2) is 8.42 Å². The Morgan fingerprint density at radius 1 is 0.962 bits per heavy atom. The Kier molecular flexibility index (Phi) is 5.55. The summed E-state index contributed by atoms with van der Waals surface area (Å²) in [5.74, 6) is -0.130. The molecular weight excluding hydrogens is 420 g/mol. The number of fused-ring (bicyclic) bond motifs is 1. The molecule has 134 valence electrons. The quantitative estimate of drug-likeness (QED) is 0.584. The lowest BCUT2D eigenvalue weighted by molar-refractivity contribution is -0.123. The third-order valence-electron chi connectivity index (χ3n) is 3.56. The summed E-state index contributed by atoms with van der Waals surface area (Å²) < 4.78 is 30.3. The molecule has 0 saturated carbocycles. The lowest BCUT2D eigenvalue weighted by Crippen LogP contribution is -2.43. The van der Waals surface area contributed by atoms with Crippen LogP contribution in [-0.4, -0.2) is 20.9 Å². The van der Waals surface area contributed by atoms with Crippen LogP contribution >= 0.6 is 15.9 Å². The average molecular weight is 435 g/mol. The van der Waals surface area contributed by atoms with E-state index in [1.807, 2.05) is 35.2 Å². The highest BCUT2D eigenvalue weighted by Gasteiger charge is 2.15. The maximum absolute atomic E-state index is 12.0. The van der Waals surface area contributed by atoms with Crippen LogP contribution in [0.1, 0.15) is 0 Å². The number of hydrogen-bond donors (Lipinski definition) is 2. The number of hydrogen-bond acceptors (Lipinski definition) is 4. The largest absolute Gasteiger partial charge is 0.483 e. The Hall–Kier alpha value is -2.42. The van der Waals surface area contributed by atoms with E-state index in [2.05, 4.69) is 21.4 Å². The fourth-order valence-electron chi connectivity index (χ4n) is 2.29. The summed E-state index contributed by atoms with van der Waals surface area (Å²) in [6.07, 6.45) is 0. The topological polar surface area (TPSA) is 84.5 Å². The molecule has 0 radical (unpaired) electrons. The standard InChI is InChI=1S/C18H15BrN2O4S/c19-18-15-9-5-4-6-13(15)10-11-16(18)25-12-17(22)20-21-26(23,24)14-7-2-1-3-8-14/h1-11,21H,12H2,(H,20,22). The zero-order valence-corrected chi connectivity index (χ0v) is 15.9. The second-order valence-electron chi connectivity index (χ2n) is 5.35. The number of ether oxygens (including phenoxy) is 1. The monoisotopic (exact) mass is 434 g/mol. The summed E-state index contributed by atoms with van der Waals surface area (Å²) >= 11 is 3.47. The van der Waals surface area contributed by atoms with Gasteiger partial charge in [-0.15, -0.1) is 4.83 Å². The molecule has 26 heavy (non-hydrogen) atoms. The van der Waals surface area contributed by atoms with Gasteiger partial charge in [0.1, 0.15) is 5.75 Å². The molecule has 1 amide bonds. The van der Waals surface area contributed by atoms with Gasteiger partial charge < -0.3 is 4.74 Å². The van der Waals surface area contributed by atoms with E-state index in [1.165, 1.54) is 12.1 Å². The first-order chi connectivity index (χ1) is 12.5. The van der Waals surface area contributed by atoms with Crippen LogP contribution in [0.4, 0.5) is 0 Å². The molecule has 8 heteroatoms. The number of carbonyl (C=O) groups is 1. The smallest absolute Gasteiger partial charge is 0.272 e. The van der Waals surface area contributed by atoms with Crippen molar-refractivity contribution in [3.8, 4) is 5.75 Å². The van der Waals surface area contributed by atoms with E-state index >= 15 is 0 Å². The molecule has 0 saturated heterocycles. The highest BCUT2D eigenvalue weighted by atomic mass is 79.9. The van der Waals surface area contributed by atoms with Crippen molar-refractivity contribution in [2.45, 2.75) is 4.90 Å². The molecule has 3 aromatic carbocycles. The maximum Gasteiger partial charge on any atom is 0.272 e. The Morgan fingerprint density at radius 2 is 1.65 bits per heavy atom. The Morgan fingerprint density at radius 3 is 2.42 bits per heavy atom. The van der Waals surface area contributed by atoms with Gasteiger partial charge in [-0.2, -0.15) is 0 Å². The maximum atomic E-state index is 12.0. The van der Waals surface area contributed by atoms with Gasteiger partial charge in [0.15, 0.2) is 6.61 Å². The third kappa shape index (κ3) is 4.21. The number of amides is 1. The average Bonchev–Trinajstić information content (AvgIpc) is 2.67. The predicted octanol–water partition coefficient (Wildman–Crippen LogP) is 2.99. The zero-order chi connectivity index (χ0) is 18.6. The van der Waals surface area contributed by atoms with Crippen LogP contribution in [0.3, 0.4) is 0 Å². The van der Waals surface area contributed by atoms with Crippen LogP contribution in [0.2, 0.25) is 0 Å². The number of nitrogens with one attached hydrogen (secondary N) is 2. The van der Waals surface area contributed by atoms with Crippen LogP contribution in [0, 0.1) is 0 Å². The Labute approximate surface area is 159 Å². The minimum Gasteiger partial charge on any atom is -0.483 e. The molecular formula is C18H15BrN2O4S. The molecule has 0 aromatic heterocycles.